The van der Waals surface area contributed by atoms with Gasteiger partial charge in [-0.2, -0.15) is 0 Å². The van der Waals surface area contributed by atoms with Crippen LogP contribution in [0.5, 0.6) is 0 Å². The second kappa shape index (κ2) is 6.70. The van der Waals surface area contributed by atoms with Gasteiger partial charge in [0, 0.05) is 30.4 Å². The quantitative estimate of drug-likeness (QED) is 0.749. The summed E-state index contributed by atoms with van der Waals surface area (Å²) in [6.45, 7) is 5.72. The Morgan fingerprint density at radius 1 is 1.35 bits per heavy atom. The van der Waals surface area contributed by atoms with Crippen LogP contribution < -0.4 is 5.32 Å². The van der Waals surface area contributed by atoms with Crippen molar-refractivity contribution in [3.8, 4) is 0 Å². The Kier molecular flexibility index (Phi) is 4.38. The Balaban J connectivity index is 1.78. The Labute approximate surface area is 156 Å². The molecule has 0 bridgehead atoms. The minimum Gasteiger partial charge on any atom is -0.336 e. The van der Waals surface area contributed by atoms with Crippen molar-refractivity contribution in [3.05, 3.63) is 57.9 Å². The van der Waals surface area contributed by atoms with Crippen LogP contribution in [0.25, 0.3) is 11.1 Å². The average molecular weight is 371 g/mol. The van der Waals surface area contributed by atoms with E-state index in [9.17, 15) is 4.79 Å². The van der Waals surface area contributed by atoms with Crippen molar-refractivity contribution in [1.29, 1.82) is 0 Å². The predicted molar refractivity (Wildman–Crippen MR) is 99.4 cm³/mol. The van der Waals surface area contributed by atoms with Gasteiger partial charge in [-0.1, -0.05) is 28.9 Å². The molecule has 1 unspecified atom stereocenters. The number of rotatable bonds is 2. The number of fused-ring (bicyclic) bond motifs is 1. The fraction of sp³-hybridized carbons (Fsp3) is 0.316. The highest BCUT2D eigenvalue weighted by atomic mass is 35.5. The number of carbonyl (C=O) groups excluding carboxylic acids is 1. The van der Waals surface area contributed by atoms with E-state index >= 15 is 0 Å². The lowest BCUT2D eigenvalue weighted by atomic mass is 10.0. The topological polar surface area (TPSA) is 71.3 Å². The first-order chi connectivity index (χ1) is 12.5. The lowest BCUT2D eigenvalue weighted by molar-refractivity contribution is 0.0636. The van der Waals surface area contributed by atoms with Gasteiger partial charge in [-0.3, -0.25) is 4.79 Å². The lowest BCUT2D eigenvalue weighted by Crippen LogP contribution is -2.48. The molecule has 1 saturated heterocycles. The molecule has 6 nitrogen and oxygen atoms in total. The first-order valence-electron chi connectivity index (χ1n) is 8.55. The average Bonchev–Trinajstić information content (AvgIpc) is 3.01. The van der Waals surface area contributed by atoms with Gasteiger partial charge >= 0.3 is 0 Å². The third kappa shape index (κ3) is 2.95. The Hall–Kier alpha value is -2.44. The second-order valence-corrected chi connectivity index (χ2v) is 6.97. The molecular formula is C19H19ClN4O2. The van der Waals surface area contributed by atoms with E-state index in [4.69, 9.17) is 16.1 Å². The summed E-state index contributed by atoms with van der Waals surface area (Å²) in [5, 5.41) is 8.69. The molecule has 7 heteroatoms. The van der Waals surface area contributed by atoms with Gasteiger partial charge in [-0.15, -0.1) is 0 Å². The highest BCUT2D eigenvalue weighted by Gasteiger charge is 2.31. The van der Waals surface area contributed by atoms with E-state index in [1.807, 2.05) is 49.1 Å². The molecule has 0 spiro atoms. The summed E-state index contributed by atoms with van der Waals surface area (Å²) in [4.78, 5) is 19.7. The van der Waals surface area contributed by atoms with Gasteiger partial charge in [0.05, 0.1) is 22.7 Å². The molecule has 1 N–H and O–H groups in total. The molecule has 1 aromatic carbocycles. The molecule has 1 fully saturated rings. The molecule has 134 valence electrons. The summed E-state index contributed by atoms with van der Waals surface area (Å²) in [6.07, 6.45) is 0. The van der Waals surface area contributed by atoms with Gasteiger partial charge in [-0.25, -0.2) is 4.98 Å². The Morgan fingerprint density at radius 2 is 2.19 bits per heavy atom. The highest BCUT2D eigenvalue weighted by molar-refractivity contribution is 6.30. The maximum absolute atomic E-state index is 13.5. The number of halogens is 1. The summed E-state index contributed by atoms with van der Waals surface area (Å²) < 4.78 is 5.27. The first kappa shape index (κ1) is 17.0. The fourth-order valence-electron chi connectivity index (χ4n) is 3.50. The fourth-order valence-corrected chi connectivity index (χ4v) is 3.70. The van der Waals surface area contributed by atoms with Crippen LogP contribution in [0.4, 0.5) is 0 Å². The van der Waals surface area contributed by atoms with E-state index in [0.717, 1.165) is 17.8 Å². The van der Waals surface area contributed by atoms with Crippen LogP contribution in [0.2, 0.25) is 5.02 Å². The number of piperazine rings is 1. The van der Waals surface area contributed by atoms with Gasteiger partial charge < -0.3 is 14.7 Å². The number of hydrogen-bond donors (Lipinski definition) is 1. The summed E-state index contributed by atoms with van der Waals surface area (Å²) >= 11 is 6.16. The molecule has 1 atom stereocenters. The Bertz CT molecular complexity index is 985. The summed E-state index contributed by atoms with van der Waals surface area (Å²) in [5.41, 5.74) is 3.40. The smallest absolute Gasteiger partial charge is 0.258 e. The number of nitrogens with zero attached hydrogens (tertiary/aromatic N) is 3. The SMILES string of the molecule is Cc1cc(C(=O)N2CCNCC2c2cccc(Cl)c2)c2c(C)noc2n1. The van der Waals surface area contributed by atoms with Crippen LogP contribution in [0.1, 0.15) is 33.4 Å². The van der Waals surface area contributed by atoms with Gasteiger partial charge in [0.2, 0.25) is 0 Å². The van der Waals surface area contributed by atoms with E-state index in [1.165, 1.54) is 0 Å². The van der Waals surface area contributed by atoms with Crippen molar-refractivity contribution in [1.82, 2.24) is 20.4 Å². The van der Waals surface area contributed by atoms with Crippen molar-refractivity contribution in [3.63, 3.8) is 0 Å². The molecule has 26 heavy (non-hydrogen) atoms. The van der Waals surface area contributed by atoms with E-state index in [2.05, 4.69) is 15.5 Å². The van der Waals surface area contributed by atoms with Gasteiger partial charge in [0.1, 0.15) is 0 Å². The maximum Gasteiger partial charge on any atom is 0.258 e. The minimum absolute atomic E-state index is 0.0433. The minimum atomic E-state index is -0.0846. The molecule has 0 aliphatic carbocycles. The molecule has 3 heterocycles. The number of hydrogen-bond acceptors (Lipinski definition) is 5. The van der Waals surface area contributed by atoms with E-state index < -0.39 is 0 Å². The van der Waals surface area contributed by atoms with Crippen molar-refractivity contribution in [2.45, 2.75) is 19.9 Å². The zero-order chi connectivity index (χ0) is 18.3. The molecule has 0 saturated carbocycles. The standard InChI is InChI=1S/C19H19ClN4O2/c1-11-8-15(17-12(2)23-26-18(17)22-11)19(25)24-7-6-21-10-16(24)13-4-3-5-14(20)9-13/h3-5,8-9,16,21H,6-7,10H2,1-2H3. The van der Waals surface area contributed by atoms with Gasteiger partial charge in [-0.05, 0) is 37.6 Å². The summed E-state index contributed by atoms with van der Waals surface area (Å²) in [7, 11) is 0. The largest absolute Gasteiger partial charge is 0.336 e. The number of aryl methyl sites for hydroxylation is 2. The monoisotopic (exact) mass is 370 g/mol. The number of pyridine rings is 1. The van der Waals surface area contributed by atoms with Crippen LogP contribution in [0, 0.1) is 13.8 Å². The van der Waals surface area contributed by atoms with Gasteiger partial charge in [0.25, 0.3) is 11.6 Å². The van der Waals surface area contributed by atoms with Crippen LogP contribution in [-0.4, -0.2) is 40.6 Å². The van der Waals surface area contributed by atoms with E-state index in [0.29, 0.717) is 40.5 Å². The zero-order valence-electron chi connectivity index (χ0n) is 14.6. The highest BCUT2D eigenvalue weighted by Crippen LogP contribution is 2.29. The van der Waals surface area contributed by atoms with Crippen LogP contribution in [0.15, 0.2) is 34.9 Å². The molecular weight excluding hydrogens is 352 g/mol. The van der Waals surface area contributed by atoms with Crippen LogP contribution in [0.3, 0.4) is 0 Å². The molecule has 4 rings (SSSR count). The van der Waals surface area contributed by atoms with E-state index in [1.54, 1.807) is 0 Å². The third-order valence-electron chi connectivity index (χ3n) is 4.71. The summed E-state index contributed by atoms with van der Waals surface area (Å²) in [6, 6.07) is 9.39. The Morgan fingerprint density at radius 3 is 3.00 bits per heavy atom. The molecule has 3 aromatic rings. The van der Waals surface area contributed by atoms with Crippen LogP contribution in [-0.2, 0) is 0 Å². The van der Waals surface area contributed by atoms with Crippen molar-refractivity contribution in [2.75, 3.05) is 19.6 Å². The van der Waals surface area contributed by atoms with E-state index in [-0.39, 0.29) is 11.9 Å². The number of benzene rings is 1. The maximum atomic E-state index is 13.5. The number of nitrogens with one attached hydrogen (secondary N) is 1. The first-order valence-corrected chi connectivity index (χ1v) is 8.93. The van der Waals surface area contributed by atoms with Crippen LogP contribution >= 0.6 is 11.6 Å². The number of aromatic nitrogens is 2. The number of amides is 1. The van der Waals surface area contributed by atoms with Crippen molar-refractivity contribution in [2.24, 2.45) is 0 Å². The second-order valence-electron chi connectivity index (χ2n) is 6.53. The summed E-state index contributed by atoms with van der Waals surface area (Å²) in [5.74, 6) is -0.0433. The van der Waals surface area contributed by atoms with Crippen molar-refractivity contribution < 1.29 is 9.32 Å². The molecule has 1 aliphatic heterocycles. The zero-order valence-corrected chi connectivity index (χ0v) is 15.4. The van der Waals surface area contributed by atoms with Crippen molar-refractivity contribution >= 4 is 28.6 Å². The number of carbonyl (C=O) groups is 1. The third-order valence-corrected chi connectivity index (χ3v) is 4.95. The molecule has 1 aliphatic rings. The predicted octanol–water partition coefficient (Wildman–Crippen LogP) is 3.28. The van der Waals surface area contributed by atoms with Gasteiger partial charge in [0.15, 0.2) is 0 Å². The molecule has 0 radical (unpaired) electrons. The normalized spacial score (nSPS) is 17.7. The lowest BCUT2D eigenvalue weighted by Gasteiger charge is -2.36. The molecule has 2 aromatic heterocycles. The molecule has 1 amide bonds.